The van der Waals surface area contributed by atoms with Crippen molar-refractivity contribution in [1.29, 1.82) is 0 Å². The smallest absolute Gasteiger partial charge is 0.262 e. The summed E-state index contributed by atoms with van der Waals surface area (Å²) in [6, 6.07) is 19.5. The van der Waals surface area contributed by atoms with E-state index in [2.05, 4.69) is 51.4 Å². The van der Waals surface area contributed by atoms with Gasteiger partial charge in [0, 0.05) is 11.9 Å². The van der Waals surface area contributed by atoms with Gasteiger partial charge in [-0.25, -0.2) is 0 Å². The minimum Gasteiger partial charge on any atom is -0.483 e. The molecule has 0 aliphatic carbocycles. The van der Waals surface area contributed by atoms with E-state index in [0.29, 0.717) is 5.75 Å². The van der Waals surface area contributed by atoms with Gasteiger partial charge in [-0.1, -0.05) is 24.3 Å². The molecular formula is C24H23BrN2O2. The Kier molecular flexibility index (Phi) is 6.83. The number of halogens is 1. The van der Waals surface area contributed by atoms with Crippen LogP contribution in [-0.4, -0.2) is 18.7 Å². The third kappa shape index (κ3) is 6.03. The van der Waals surface area contributed by atoms with Crippen LogP contribution in [0.5, 0.6) is 5.75 Å². The van der Waals surface area contributed by atoms with Crippen LogP contribution in [0.3, 0.4) is 0 Å². The maximum Gasteiger partial charge on any atom is 0.262 e. The molecule has 0 fully saturated rings. The number of amides is 1. The second-order valence-electron chi connectivity index (χ2n) is 6.94. The summed E-state index contributed by atoms with van der Waals surface area (Å²) >= 11 is 3.51. The zero-order chi connectivity index (χ0) is 20.8. The summed E-state index contributed by atoms with van der Waals surface area (Å²) in [5, 5.41) is 2.83. The number of hydrogen-bond donors (Lipinski definition) is 1. The van der Waals surface area contributed by atoms with E-state index in [1.165, 1.54) is 5.56 Å². The summed E-state index contributed by atoms with van der Waals surface area (Å²) in [4.78, 5) is 16.7. The highest BCUT2D eigenvalue weighted by atomic mass is 79.9. The molecule has 3 aromatic rings. The Labute approximate surface area is 179 Å². The van der Waals surface area contributed by atoms with Gasteiger partial charge in [-0.05, 0) is 95.4 Å². The number of rotatable bonds is 6. The zero-order valence-electron chi connectivity index (χ0n) is 16.7. The Morgan fingerprint density at radius 3 is 2.59 bits per heavy atom. The van der Waals surface area contributed by atoms with Crippen molar-refractivity contribution < 1.29 is 9.53 Å². The molecule has 0 unspecified atom stereocenters. The van der Waals surface area contributed by atoms with Gasteiger partial charge in [0.05, 0.1) is 10.2 Å². The fourth-order valence-corrected chi connectivity index (χ4v) is 3.29. The van der Waals surface area contributed by atoms with Gasteiger partial charge in [0.25, 0.3) is 5.91 Å². The summed E-state index contributed by atoms with van der Waals surface area (Å²) in [5.74, 6) is 0.399. The topological polar surface area (TPSA) is 50.7 Å². The molecule has 1 amide bonds. The molecular weight excluding hydrogens is 428 g/mol. The van der Waals surface area contributed by atoms with Crippen LogP contribution in [0.1, 0.15) is 22.3 Å². The van der Waals surface area contributed by atoms with Gasteiger partial charge in [-0.15, -0.1) is 0 Å². The first-order valence-electron chi connectivity index (χ1n) is 9.31. The fraction of sp³-hybridized carbons (Fsp3) is 0.167. The maximum absolute atomic E-state index is 12.1. The van der Waals surface area contributed by atoms with E-state index in [1.54, 1.807) is 0 Å². The van der Waals surface area contributed by atoms with Gasteiger partial charge in [-0.3, -0.25) is 9.79 Å². The quantitative estimate of drug-likeness (QED) is 0.458. The molecule has 5 heteroatoms. The first-order chi connectivity index (χ1) is 13.9. The highest BCUT2D eigenvalue weighted by molar-refractivity contribution is 9.10. The lowest BCUT2D eigenvalue weighted by atomic mass is 10.1. The second-order valence-corrected chi connectivity index (χ2v) is 7.80. The maximum atomic E-state index is 12.1. The van der Waals surface area contributed by atoms with Crippen molar-refractivity contribution in [3.63, 3.8) is 0 Å². The number of aryl methyl sites for hydroxylation is 3. The molecule has 1 N–H and O–H groups in total. The van der Waals surface area contributed by atoms with E-state index < -0.39 is 0 Å². The number of ether oxygens (including phenoxy) is 1. The summed E-state index contributed by atoms with van der Waals surface area (Å²) in [5.41, 5.74) is 6.05. The van der Waals surface area contributed by atoms with Crippen molar-refractivity contribution in [3.05, 3.63) is 87.4 Å². The number of carbonyl (C=O) groups excluding carboxylic acids is 1. The fourth-order valence-electron chi connectivity index (χ4n) is 2.78. The Hall–Kier alpha value is -2.92. The minimum atomic E-state index is -0.205. The van der Waals surface area contributed by atoms with Crippen molar-refractivity contribution in [3.8, 4) is 5.75 Å². The molecule has 0 saturated carbocycles. The van der Waals surface area contributed by atoms with E-state index >= 15 is 0 Å². The van der Waals surface area contributed by atoms with Crippen molar-refractivity contribution in [1.82, 2.24) is 0 Å². The van der Waals surface area contributed by atoms with E-state index in [-0.39, 0.29) is 12.5 Å². The van der Waals surface area contributed by atoms with Crippen LogP contribution < -0.4 is 10.1 Å². The van der Waals surface area contributed by atoms with E-state index in [9.17, 15) is 4.79 Å². The van der Waals surface area contributed by atoms with Gasteiger partial charge in [0.2, 0.25) is 0 Å². The van der Waals surface area contributed by atoms with Gasteiger partial charge >= 0.3 is 0 Å². The number of nitrogens with zero attached hydrogens (tertiary/aromatic N) is 1. The summed E-state index contributed by atoms with van der Waals surface area (Å²) in [7, 11) is 0. The molecule has 3 rings (SSSR count). The van der Waals surface area contributed by atoms with Gasteiger partial charge in [0.15, 0.2) is 6.61 Å². The predicted molar refractivity (Wildman–Crippen MR) is 123 cm³/mol. The Bertz CT molecular complexity index is 1060. The predicted octanol–water partition coefficient (Wildman–Crippen LogP) is 6.14. The average molecular weight is 451 g/mol. The molecule has 148 valence electrons. The number of anilines is 1. The highest BCUT2D eigenvalue weighted by Crippen LogP contribution is 2.26. The number of hydrogen-bond acceptors (Lipinski definition) is 3. The van der Waals surface area contributed by atoms with E-state index in [4.69, 9.17) is 4.74 Å². The Morgan fingerprint density at radius 2 is 1.83 bits per heavy atom. The van der Waals surface area contributed by atoms with Crippen LogP contribution in [0.4, 0.5) is 11.4 Å². The molecule has 0 bridgehead atoms. The summed E-state index contributed by atoms with van der Waals surface area (Å²) in [6.07, 6.45) is 1.82. The first-order valence-corrected chi connectivity index (χ1v) is 10.1. The molecule has 0 aromatic heterocycles. The number of aliphatic imine (C=N–C) groups is 1. The Balaban J connectivity index is 1.61. The average Bonchev–Trinajstić information content (AvgIpc) is 2.68. The monoisotopic (exact) mass is 450 g/mol. The van der Waals surface area contributed by atoms with E-state index in [1.807, 2.05) is 62.5 Å². The first kappa shape index (κ1) is 20.8. The van der Waals surface area contributed by atoms with E-state index in [0.717, 1.165) is 32.5 Å². The molecule has 4 nitrogen and oxygen atoms in total. The standard InChI is InChI=1S/C24H23BrN2O2/c1-16-5-4-6-20(11-16)27-24(28)15-29-23-10-9-19(13-21(23)25)14-26-22-12-17(2)7-8-18(22)3/h4-14H,15H2,1-3H3,(H,27,28). The van der Waals surface area contributed by atoms with Gasteiger partial charge in [-0.2, -0.15) is 0 Å². The van der Waals surface area contributed by atoms with Gasteiger partial charge in [0.1, 0.15) is 5.75 Å². The molecule has 0 saturated heterocycles. The largest absolute Gasteiger partial charge is 0.483 e. The van der Waals surface area contributed by atoms with Crippen molar-refractivity contribution >= 4 is 39.4 Å². The summed E-state index contributed by atoms with van der Waals surface area (Å²) in [6.45, 7) is 6.01. The molecule has 29 heavy (non-hydrogen) atoms. The molecule has 0 heterocycles. The van der Waals surface area contributed by atoms with Crippen LogP contribution in [0.25, 0.3) is 0 Å². The molecule has 0 atom stereocenters. The SMILES string of the molecule is Cc1cccc(NC(=O)COc2ccc(C=Nc3cc(C)ccc3C)cc2Br)c1. The third-order valence-electron chi connectivity index (χ3n) is 4.33. The number of benzene rings is 3. The molecule has 0 aliphatic rings. The van der Waals surface area contributed by atoms with Crippen LogP contribution in [0.15, 0.2) is 70.1 Å². The third-order valence-corrected chi connectivity index (χ3v) is 4.95. The second kappa shape index (κ2) is 9.52. The normalized spacial score (nSPS) is 10.9. The van der Waals surface area contributed by atoms with Gasteiger partial charge < -0.3 is 10.1 Å². The van der Waals surface area contributed by atoms with Crippen LogP contribution in [0, 0.1) is 20.8 Å². The van der Waals surface area contributed by atoms with Crippen molar-refractivity contribution in [2.75, 3.05) is 11.9 Å². The van der Waals surface area contributed by atoms with Crippen molar-refractivity contribution in [2.45, 2.75) is 20.8 Å². The molecule has 0 radical (unpaired) electrons. The molecule has 0 aliphatic heterocycles. The number of carbonyl (C=O) groups is 1. The Morgan fingerprint density at radius 1 is 1.03 bits per heavy atom. The molecule has 3 aromatic carbocycles. The van der Waals surface area contributed by atoms with Crippen molar-refractivity contribution in [2.24, 2.45) is 4.99 Å². The summed E-state index contributed by atoms with van der Waals surface area (Å²) < 4.78 is 6.42. The lowest BCUT2D eigenvalue weighted by Gasteiger charge is -2.10. The zero-order valence-corrected chi connectivity index (χ0v) is 18.3. The highest BCUT2D eigenvalue weighted by Gasteiger charge is 2.07. The number of nitrogens with one attached hydrogen (secondary N) is 1. The lowest BCUT2D eigenvalue weighted by molar-refractivity contribution is -0.118. The molecule has 0 spiro atoms. The van der Waals surface area contributed by atoms with Crippen LogP contribution in [-0.2, 0) is 4.79 Å². The minimum absolute atomic E-state index is 0.0670. The van der Waals surface area contributed by atoms with Crippen LogP contribution >= 0.6 is 15.9 Å². The van der Waals surface area contributed by atoms with Crippen LogP contribution in [0.2, 0.25) is 0 Å². The lowest BCUT2D eigenvalue weighted by Crippen LogP contribution is -2.20.